The normalized spacial score (nSPS) is 27.0. The number of halogens is 1. The molecule has 2 aliphatic heterocycles. The summed E-state index contributed by atoms with van der Waals surface area (Å²) in [7, 11) is 0. The summed E-state index contributed by atoms with van der Waals surface area (Å²) in [6.07, 6.45) is 1.62. The Labute approximate surface area is 167 Å². The number of likely N-dealkylation sites (tertiary alicyclic amines) is 2. The Balaban J connectivity index is 0.00000261. The van der Waals surface area contributed by atoms with Crippen molar-refractivity contribution in [1.82, 2.24) is 9.80 Å². The van der Waals surface area contributed by atoms with Crippen LogP contribution in [0, 0.1) is 11.8 Å². The van der Waals surface area contributed by atoms with E-state index in [4.69, 9.17) is 11.5 Å². The van der Waals surface area contributed by atoms with Crippen LogP contribution in [0.2, 0.25) is 0 Å². The summed E-state index contributed by atoms with van der Waals surface area (Å²) in [5.41, 5.74) is 12.8. The molecule has 0 bridgehead atoms. The number of carbonyl (C=O) groups is 2. The highest BCUT2D eigenvalue weighted by molar-refractivity contribution is 5.85. The molecule has 27 heavy (non-hydrogen) atoms. The summed E-state index contributed by atoms with van der Waals surface area (Å²) in [6, 6.07) is 10.2. The number of benzene rings is 1. The number of hydrogen-bond acceptors (Lipinski definition) is 4. The van der Waals surface area contributed by atoms with Gasteiger partial charge in [-0.3, -0.25) is 14.5 Å². The second-order valence-corrected chi connectivity index (χ2v) is 7.67. The Morgan fingerprint density at radius 2 is 1.89 bits per heavy atom. The zero-order valence-corrected chi connectivity index (χ0v) is 16.7. The Bertz CT molecular complexity index is 642. The SMILES string of the molecule is CC(C(=O)N1CCCC(C(N)=O)C1)N1C[C@@H](CN)[C@H](c2ccccc2)C1.Cl. The van der Waals surface area contributed by atoms with E-state index in [1.807, 2.05) is 17.9 Å². The summed E-state index contributed by atoms with van der Waals surface area (Å²) >= 11 is 0. The van der Waals surface area contributed by atoms with Crippen LogP contribution in [-0.4, -0.2) is 60.4 Å². The van der Waals surface area contributed by atoms with Gasteiger partial charge < -0.3 is 16.4 Å². The van der Waals surface area contributed by atoms with Crippen LogP contribution < -0.4 is 11.5 Å². The Morgan fingerprint density at radius 3 is 2.52 bits per heavy atom. The fraction of sp³-hybridized carbons (Fsp3) is 0.600. The summed E-state index contributed by atoms with van der Waals surface area (Å²) in [4.78, 5) is 28.5. The molecule has 2 aliphatic rings. The highest BCUT2D eigenvalue weighted by atomic mass is 35.5. The van der Waals surface area contributed by atoms with Crippen LogP contribution in [0.5, 0.6) is 0 Å². The van der Waals surface area contributed by atoms with Crippen molar-refractivity contribution in [2.45, 2.75) is 31.7 Å². The van der Waals surface area contributed by atoms with Crippen molar-refractivity contribution in [2.75, 3.05) is 32.7 Å². The summed E-state index contributed by atoms with van der Waals surface area (Å²) < 4.78 is 0. The third-order valence-electron chi connectivity index (χ3n) is 6.04. The van der Waals surface area contributed by atoms with Crippen molar-refractivity contribution in [3.8, 4) is 0 Å². The monoisotopic (exact) mass is 394 g/mol. The van der Waals surface area contributed by atoms with E-state index in [-0.39, 0.29) is 36.2 Å². The minimum Gasteiger partial charge on any atom is -0.369 e. The van der Waals surface area contributed by atoms with E-state index in [9.17, 15) is 9.59 Å². The molecule has 2 amide bonds. The number of piperidine rings is 1. The smallest absolute Gasteiger partial charge is 0.239 e. The fourth-order valence-electron chi connectivity index (χ4n) is 4.37. The van der Waals surface area contributed by atoms with E-state index >= 15 is 0 Å². The van der Waals surface area contributed by atoms with Crippen molar-refractivity contribution in [3.63, 3.8) is 0 Å². The molecule has 150 valence electrons. The van der Waals surface area contributed by atoms with E-state index in [0.717, 1.165) is 25.9 Å². The average molecular weight is 395 g/mol. The number of hydrogen-bond donors (Lipinski definition) is 2. The van der Waals surface area contributed by atoms with Crippen molar-refractivity contribution < 1.29 is 9.59 Å². The van der Waals surface area contributed by atoms with Crippen LogP contribution in [0.25, 0.3) is 0 Å². The molecule has 4 atom stereocenters. The molecule has 0 radical (unpaired) electrons. The van der Waals surface area contributed by atoms with Gasteiger partial charge in [-0.2, -0.15) is 0 Å². The second-order valence-electron chi connectivity index (χ2n) is 7.67. The minimum atomic E-state index is -0.302. The third-order valence-corrected chi connectivity index (χ3v) is 6.04. The highest BCUT2D eigenvalue weighted by Gasteiger charge is 2.39. The van der Waals surface area contributed by atoms with Crippen LogP contribution >= 0.6 is 12.4 Å². The maximum atomic E-state index is 13.0. The van der Waals surface area contributed by atoms with E-state index in [0.29, 0.717) is 31.5 Å². The van der Waals surface area contributed by atoms with Gasteiger partial charge in [0.15, 0.2) is 0 Å². The minimum absolute atomic E-state index is 0. The Morgan fingerprint density at radius 1 is 1.19 bits per heavy atom. The van der Waals surface area contributed by atoms with Crippen molar-refractivity contribution >= 4 is 24.2 Å². The molecule has 2 fully saturated rings. The molecule has 0 saturated carbocycles. The quantitative estimate of drug-likeness (QED) is 0.784. The molecule has 3 rings (SSSR count). The molecule has 4 N–H and O–H groups in total. The molecule has 2 saturated heterocycles. The first-order chi connectivity index (χ1) is 12.5. The molecule has 7 heteroatoms. The maximum absolute atomic E-state index is 13.0. The first-order valence-electron chi connectivity index (χ1n) is 9.58. The van der Waals surface area contributed by atoms with Gasteiger partial charge in [-0.1, -0.05) is 30.3 Å². The summed E-state index contributed by atoms with van der Waals surface area (Å²) in [5, 5.41) is 0. The van der Waals surface area contributed by atoms with Gasteiger partial charge in [-0.05, 0) is 37.8 Å². The van der Waals surface area contributed by atoms with Crippen molar-refractivity contribution in [3.05, 3.63) is 35.9 Å². The number of nitrogens with zero attached hydrogens (tertiary/aromatic N) is 2. The molecular formula is C20H31ClN4O2. The predicted molar refractivity (Wildman–Crippen MR) is 109 cm³/mol. The zero-order chi connectivity index (χ0) is 18.7. The number of carbonyl (C=O) groups excluding carboxylic acids is 2. The summed E-state index contributed by atoms with van der Waals surface area (Å²) in [5.74, 6) is 0.292. The molecule has 6 nitrogen and oxygen atoms in total. The van der Waals surface area contributed by atoms with E-state index in [1.54, 1.807) is 0 Å². The molecule has 0 spiro atoms. The molecule has 0 aromatic heterocycles. The second kappa shape index (κ2) is 9.53. The van der Waals surface area contributed by atoms with Crippen LogP contribution in [-0.2, 0) is 9.59 Å². The predicted octanol–water partition coefficient (Wildman–Crippen LogP) is 1.19. The van der Waals surface area contributed by atoms with E-state index < -0.39 is 0 Å². The van der Waals surface area contributed by atoms with Crippen molar-refractivity contribution in [1.29, 1.82) is 0 Å². The van der Waals surface area contributed by atoms with Gasteiger partial charge in [0.1, 0.15) is 0 Å². The third kappa shape index (κ3) is 4.81. The highest BCUT2D eigenvalue weighted by Crippen LogP contribution is 2.33. The lowest BCUT2D eigenvalue weighted by Crippen LogP contribution is -2.51. The van der Waals surface area contributed by atoms with Crippen LogP contribution in [0.15, 0.2) is 30.3 Å². The van der Waals surface area contributed by atoms with Gasteiger partial charge in [0.05, 0.1) is 12.0 Å². The lowest BCUT2D eigenvalue weighted by atomic mass is 9.89. The van der Waals surface area contributed by atoms with Gasteiger partial charge >= 0.3 is 0 Å². The number of amides is 2. The molecule has 2 heterocycles. The van der Waals surface area contributed by atoms with E-state index in [1.165, 1.54) is 5.56 Å². The van der Waals surface area contributed by atoms with Gasteiger partial charge in [0, 0.05) is 32.1 Å². The van der Waals surface area contributed by atoms with Gasteiger partial charge in [0.25, 0.3) is 0 Å². The Hall–Kier alpha value is -1.63. The van der Waals surface area contributed by atoms with E-state index in [2.05, 4.69) is 29.2 Å². The largest absolute Gasteiger partial charge is 0.369 e. The molecule has 2 unspecified atom stereocenters. The zero-order valence-electron chi connectivity index (χ0n) is 15.9. The molecule has 0 aliphatic carbocycles. The Kier molecular flexibility index (Phi) is 7.65. The average Bonchev–Trinajstić information content (AvgIpc) is 3.12. The number of nitrogens with two attached hydrogens (primary N) is 2. The number of rotatable bonds is 5. The topological polar surface area (TPSA) is 92.7 Å². The lowest BCUT2D eigenvalue weighted by Gasteiger charge is -2.35. The first kappa shape index (κ1) is 21.7. The van der Waals surface area contributed by atoms with Crippen LogP contribution in [0.1, 0.15) is 31.2 Å². The number of primary amides is 1. The standard InChI is InChI=1S/C20H30N4O2.ClH/c1-14(20(26)23-9-5-8-16(11-23)19(22)25)24-12-17(10-21)18(13-24)15-6-3-2-4-7-15;/h2-4,6-7,14,16-18H,5,8-13,21H2,1H3,(H2,22,25);1H/t14?,16?,17-,18+;/m1./s1. The molecular weight excluding hydrogens is 364 g/mol. The van der Waals surface area contributed by atoms with Gasteiger partial charge in [-0.25, -0.2) is 0 Å². The lowest BCUT2D eigenvalue weighted by molar-refractivity contribution is -0.139. The maximum Gasteiger partial charge on any atom is 0.239 e. The van der Waals surface area contributed by atoms with Crippen molar-refractivity contribution in [2.24, 2.45) is 23.3 Å². The summed E-state index contributed by atoms with van der Waals surface area (Å²) in [6.45, 7) is 5.42. The fourth-order valence-corrected chi connectivity index (χ4v) is 4.37. The van der Waals surface area contributed by atoms with Gasteiger partial charge in [0.2, 0.25) is 11.8 Å². The molecule has 1 aromatic carbocycles. The van der Waals surface area contributed by atoms with Gasteiger partial charge in [-0.15, -0.1) is 12.4 Å². The first-order valence-corrected chi connectivity index (χ1v) is 9.58. The molecule has 1 aromatic rings. The van der Waals surface area contributed by atoms with Crippen LogP contribution in [0.3, 0.4) is 0 Å². The van der Waals surface area contributed by atoms with Crippen LogP contribution in [0.4, 0.5) is 0 Å².